The van der Waals surface area contributed by atoms with Crippen molar-refractivity contribution in [3.63, 3.8) is 0 Å². The van der Waals surface area contributed by atoms with Gasteiger partial charge in [0.15, 0.2) is 0 Å². The molecule has 0 aliphatic carbocycles. The van der Waals surface area contributed by atoms with Crippen molar-refractivity contribution in [3.8, 4) is 0 Å². The highest BCUT2D eigenvalue weighted by molar-refractivity contribution is 7.14. The van der Waals surface area contributed by atoms with Gasteiger partial charge in [-0.15, -0.1) is 11.3 Å². The van der Waals surface area contributed by atoms with Crippen LogP contribution >= 0.6 is 11.3 Å². The second kappa shape index (κ2) is 2.50. The van der Waals surface area contributed by atoms with E-state index in [-0.39, 0.29) is 0 Å². The molecular formula is C5H5N2OS. The van der Waals surface area contributed by atoms with Gasteiger partial charge in [0.1, 0.15) is 0 Å². The quantitative estimate of drug-likeness (QED) is 0.634. The third-order valence-electron chi connectivity index (χ3n) is 0.758. The molecule has 0 saturated carbocycles. The molecule has 0 aromatic carbocycles. The molecule has 1 radical (unpaired) electrons. The maximum absolute atomic E-state index is 10.1. The summed E-state index contributed by atoms with van der Waals surface area (Å²) in [5, 5.41) is 4.89. The minimum Gasteiger partial charge on any atom is -0.298 e. The molecule has 1 aromatic rings. The molecule has 1 rings (SSSR count). The van der Waals surface area contributed by atoms with E-state index >= 15 is 0 Å². The maximum Gasteiger partial charge on any atom is 0.338 e. The molecule has 0 saturated heterocycles. The number of urea groups is 1. The lowest BCUT2D eigenvalue weighted by Gasteiger charge is -1.91. The van der Waals surface area contributed by atoms with Crippen LogP contribution in [0, 0.1) is 0 Å². The summed E-state index contributed by atoms with van der Waals surface area (Å²) in [7, 11) is 0. The molecule has 47 valence electrons. The Bertz CT molecular complexity index is 195. The summed E-state index contributed by atoms with van der Waals surface area (Å²) in [4.78, 5) is 10.1. The fraction of sp³-hybridized carbons (Fsp3) is 0. The predicted octanol–water partition coefficient (Wildman–Crippen LogP) is 1.56. The van der Waals surface area contributed by atoms with Crippen LogP contribution in [0.3, 0.4) is 0 Å². The zero-order valence-electron chi connectivity index (χ0n) is 4.55. The Kier molecular flexibility index (Phi) is 1.69. The largest absolute Gasteiger partial charge is 0.338 e. The normalized spacial score (nSPS) is 8.89. The number of anilines is 1. The van der Waals surface area contributed by atoms with Gasteiger partial charge in [0.2, 0.25) is 0 Å². The highest BCUT2D eigenvalue weighted by Gasteiger charge is 1.93. The molecular weight excluding hydrogens is 136 g/mol. The van der Waals surface area contributed by atoms with Crippen molar-refractivity contribution < 1.29 is 4.79 Å². The first-order valence-corrected chi connectivity index (χ1v) is 3.23. The minimum absolute atomic E-state index is 0.718. The first-order valence-electron chi connectivity index (χ1n) is 2.35. The van der Waals surface area contributed by atoms with Gasteiger partial charge in [-0.3, -0.25) is 5.32 Å². The number of thiophene rings is 1. The van der Waals surface area contributed by atoms with E-state index < -0.39 is 6.03 Å². The molecule has 2 amide bonds. The molecule has 0 atom stereocenters. The average Bonchev–Trinajstić information content (AvgIpc) is 2.15. The standard InChI is InChI=1S/C5H5N2OS/c6-5(8)7-4-2-1-3-9-4/h1-3,6H,(H,7,8). The monoisotopic (exact) mass is 141 g/mol. The van der Waals surface area contributed by atoms with Gasteiger partial charge in [-0.25, -0.2) is 10.5 Å². The van der Waals surface area contributed by atoms with E-state index in [4.69, 9.17) is 5.73 Å². The van der Waals surface area contributed by atoms with Crippen LogP contribution in [0.25, 0.3) is 0 Å². The average molecular weight is 141 g/mol. The zero-order valence-corrected chi connectivity index (χ0v) is 5.37. The van der Waals surface area contributed by atoms with Crippen LogP contribution in [0.15, 0.2) is 17.5 Å². The van der Waals surface area contributed by atoms with Crippen molar-refractivity contribution in [2.75, 3.05) is 5.32 Å². The molecule has 2 N–H and O–H groups in total. The lowest BCUT2D eigenvalue weighted by Crippen LogP contribution is -2.07. The van der Waals surface area contributed by atoms with Crippen LogP contribution in [0.5, 0.6) is 0 Å². The third-order valence-corrected chi connectivity index (χ3v) is 1.54. The van der Waals surface area contributed by atoms with Crippen LogP contribution in [-0.4, -0.2) is 6.03 Å². The van der Waals surface area contributed by atoms with Crippen LogP contribution in [-0.2, 0) is 0 Å². The van der Waals surface area contributed by atoms with Gasteiger partial charge in [0.25, 0.3) is 0 Å². The fourth-order valence-electron chi connectivity index (χ4n) is 0.462. The number of carbonyl (C=O) groups is 1. The second-order valence-electron chi connectivity index (χ2n) is 1.43. The van der Waals surface area contributed by atoms with Gasteiger partial charge in [0.05, 0.1) is 5.00 Å². The molecule has 1 aromatic heterocycles. The first kappa shape index (κ1) is 6.10. The van der Waals surface area contributed by atoms with Crippen LogP contribution < -0.4 is 11.1 Å². The highest BCUT2D eigenvalue weighted by atomic mass is 32.1. The number of nitrogens with one attached hydrogen (secondary N) is 2. The molecule has 0 unspecified atom stereocenters. The third kappa shape index (κ3) is 1.73. The van der Waals surface area contributed by atoms with Crippen LogP contribution in [0.1, 0.15) is 0 Å². The summed E-state index contributed by atoms with van der Waals surface area (Å²) in [5.41, 5.74) is 6.51. The van der Waals surface area contributed by atoms with Crippen molar-refractivity contribution in [2.45, 2.75) is 0 Å². The summed E-state index contributed by atoms with van der Waals surface area (Å²) in [6.45, 7) is 0. The minimum atomic E-state index is -0.766. The van der Waals surface area contributed by atoms with E-state index in [2.05, 4.69) is 5.32 Å². The number of carbonyl (C=O) groups excluding carboxylic acids is 1. The Balaban J connectivity index is 2.58. The summed E-state index contributed by atoms with van der Waals surface area (Å²) in [6, 6.07) is 2.80. The van der Waals surface area contributed by atoms with Gasteiger partial charge in [-0.05, 0) is 17.5 Å². The Hall–Kier alpha value is -1.03. The Morgan fingerprint density at radius 2 is 2.56 bits per heavy atom. The number of hydrogen-bond acceptors (Lipinski definition) is 2. The zero-order chi connectivity index (χ0) is 6.69. The van der Waals surface area contributed by atoms with E-state index in [0.717, 1.165) is 5.00 Å². The molecule has 3 nitrogen and oxygen atoms in total. The molecule has 0 bridgehead atoms. The van der Waals surface area contributed by atoms with Crippen molar-refractivity contribution in [2.24, 2.45) is 0 Å². The van der Waals surface area contributed by atoms with Gasteiger partial charge < -0.3 is 0 Å². The number of amides is 2. The SMILES string of the molecule is [NH]C(=O)Nc1cccs1. The van der Waals surface area contributed by atoms with Crippen molar-refractivity contribution in [1.29, 1.82) is 0 Å². The summed E-state index contributed by atoms with van der Waals surface area (Å²) < 4.78 is 0. The van der Waals surface area contributed by atoms with E-state index in [1.54, 1.807) is 6.07 Å². The van der Waals surface area contributed by atoms with Gasteiger partial charge >= 0.3 is 6.03 Å². The Morgan fingerprint density at radius 1 is 1.78 bits per heavy atom. The van der Waals surface area contributed by atoms with E-state index in [0.29, 0.717) is 0 Å². The molecule has 4 heteroatoms. The Morgan fingerprint density at radius 3 is 3.00 bits per heavy atom. The van der Waals surface area contributed by atoms with Crippen molar-refractivity contribution >= 4 is 22.4 Å². The maximum atomic E-state index is 10.1. The lowest BCUT2D eigenvalue weighted by molar-refractivity contribution is 0.258. The van der Waals surface area contributed by atoms with Gasteiger partial charge in [-0.1, -0.05) is 0 Å². The summed E-state index contributed by atoms with van der Waals surface area (Å²) >= 11 is 1.40. The summed E-state index contributed by atoms with van der Waals surface area (Å²) in [5.74, 6) is 0. The number of rotatable bonds is 1. The topological polar surface area (TPSA) is 52.9 Å². The summed E-state index contributed by atoms with van der Waals surface area (Å²) in [6.07, 6.45) is 0. The Labute approximate surface area is 56.5 Å². The molecule has 0 spiro atoms. The second-order valence-corrected chi connectivity index (χ2v) is 2.38. The van der Waals surface area contributed by atoms with E-state index in [9.17, 15) is 4.79 Å². The van der Waals surface area contributed by atoms with Crippen molar-refractivity contribution in [3.05, 3.63) is 17.5 Å². The van der Waals surface area contributed by atoms with Crippen molar-refractivity contribution in [1.82, 2.24) is 5.73 Å². The van der Waals surface area contributed by atoms with Crippen LogP contribution in [0.4, 0.5) is 9.80 Å². The van der Waals surface area contributed by atoms with E-state index in [1.165, 1.54) is 11.3 Å². The highest BCUT2D eigenvalue weighted by Crippen LogP contribution is 2.13. The van der Waals surface area contributed by atoms with Crippen LogP contribution in [0.2, 0.25) is 0 Å². The first-order chi connectivity index (χ1) is 4.29. The smallest absolute Gasteiger partial charge is 0.298 e. The fourth-order valence-corrected chi connectivity index (χ4v) is 1.07. The predicted molar refractivity (Wildman–Crippen MR) is 36.4 cm³/mol. The molecule has 1 heterocycles. The molecule has 0 aliphatic rings. The lowest BCUT2D eigenvalue weighted by atomic mass is 10.6. The van der Waals surface area contributed by atoms with Gasteiger partial charge in [-0.2, -0.15) is 0 Å². The number of hydrogen-bond donors (Lipinski definition) is 1. The molecule has 0 aliphatic heterocycles. The van der Waals surface area contributed by atoms with Gasteiger partial charge in [0, 0.05) is 0 Å². The van der Waals surface area contributed by atoms with E-state index in [1.807, 2.05) is 11.4 Å². The molecule has 0 fully saturated rings. The molecule has 9 heavy (non-hydrogen) atoms.